The van der Waals surface area contributed by atoms with Crippen LogP contribution < -0.4 is 0 Å². The smallest absolute Gasteiger partial charge is 0.392 e. The van der Waals surface area contributed by atoms with Gasteiger partial charge in [-0.15, -0.1) is 0 Å². The van der Waals surface area contributed by atoms with E-state index in [-0.39, 0.29) is 17.7 Å². The third-order valence-corrected chi connectivity index (χ3v) is 3.45. The number of H-pyrrole nitrogens is 1. The molecule has 0 saturated carbocycles. The standard InChI is InChI=1S/C16H12F3NO/c17-16(18,19)14-12-7-3-4-8-13(12)20-15(14)11-6-2-1-5-10(11)9-21/h1-8,20-21H,9H2. The minimum atomic E-state index is -4.47. The van der Waals surface area contributed by atoms with E-state index in [4.69, 9.17) is 0 Å². The number of alkyl halides is 3. The number of halogens is 3. The van der Waals surface area contributed by atoms with Crippen molar-refractivity contribution in [3.63, 3.8) is 0 Å². The van der Waals surface area contributed by atoms with Gasteiger partial charge in [0.15, 0.2) is 0 Å². The van der Waals surface area contributed by atoms with Crippen molar-refractivity contribution < 1.29 is 18.3 Å². The second-order valence-corrected chi connectivity index (χ2v) is 4.73. The Morgan fingerprint density at radius 2 is 1.62 bits per heavy atom. The molecule has 5 heteroatoms. The maximum Gasteiger partial charge on any atom is 0.419 e. The van der Waals surface area contributed by atoms with Crippen LogP contribution in [0.1, 0.15) is 11.1 Å². The lowest BCUT2D eigenvalue weighted by Gasteiger charge is -2.11. The third-order valence-electron chi connectivity index (χ3n) is 3.45. The van der Waals surface area contributed by atoms with Crippen molar-refractivity contribution in [2.75, 3.05) is 0 Å². The average molecular weight is 291 g/mol. The molecule has 0 fully saturated rings. The van der Waals surface area contributed by atoms with E-state index in [0.29, 0.717) is 16.6 Å². The number of aromatic amines is 1. The quantitative estimate of drug-likeness (QED) is 0.723. The topological polar surface area (TPSA) is 36.0 Å². The normalized spacial score (nSPS) is 12.0. The Hall–Kier alpha value is -2.27. The highest BCUT2D eigenvalue weighted by Gasteiger charge is 2.37. The summed E-state index contributed by atoms with van der Waals surface area (Å²) in [6, 6.07) is 12.8. The number of nitrogens with one attached hydrogen (secondary N) is 1. The summed E-state index contributed by atoms with van der Waals surface area (Å²) >= 11 is 0. The van der Waals surface area contributed by atoms with Crippen molar-refractivity contribution in [2.24, 2.45) is 0 Å². The molecule has 0 aliphatic rings. The van der Waals surface area contributed by atoms with E-state index in [1.807, 2.05) is 0 Å². The Labute approximate surface area is 118 Å². The zero-order valence-corrected chi connectivity index (χ0v) is 10.9. The van der Waals surface area contributed by atoms with Crippen LogP contribution in [0, 0.1) is 0 Å². The second kappa shape index (κ2) is 4.93. The molecule has 1 heterocycles. The van der Waals surface area contributed by atoms with Gasteiger partial charge in [-0.05, 0) is 11.6 Å². The predicted molar refractivity (Wildman–Crippen MR) is 74.7 cm³/mol. The van der Waals surface area contributed by atoms with Gasteiger partial charge in [-0.1, -0.05) is 42.5 Å². The zero-order chi connectivity index (χ0) is 15.0. The number of aromatic nitrogens is 1. The lowest BCUT2D eigenvalue weighted by atomic mass is 10.0. The maximum absolute atomic E-state index is 13.5. The Morgan fingerprint density at radius 1 is 0.952 bits per heavy atom. The van der Waals surface area contributed by atoms with Crippen molar-refractivity contribution >= 4 is 10.9 Å². The summed E-state index contributed by atoms with van der Waals surface area (Å²) in [6.45, 7) is -0.317. The van der Waals surface area contributed by atoms with E-state index in [9.17, 15) is 18.3 Å². The fraction of sp³-hybridized carbons (Fsp3) is 0.125. The summed E-state index contributed by atoms with van der Waals surface area (Å²) in [4.78, 5) is 2.83. The van der Waals surface area contributed by atoms with Crippen molar-refractivity contribution in [2.45, 2.75) is 12.8 Å². The molecule has 0 spiro atoms. The highest BCUT2D eigenvalue weighted by molar-refractivity contribution is 5.91. The molecule has 0 aliphatic heterocycles. The van der Waals surface area contributed by atoms with Crippen LogP contribution in [-0.2, 0) is 12.8 Å². The van der Waals surface area contributed by atoms with Crippen LogP contribution in [-0.4, -0.2) is 10.1 Å². The largest absolute Gasteiger partial charge is 0.419 e. The molecule has 0 bridgehead atoms. The lowest BCUT2D eigenvalue weighted by molar-refractivity contribution is -0.135. The first-order valence-electron chi connectivity index (χ1n) is 6.39. The van der Waals surface area contributed by atoms with Crippen LogP contribution in [0.2, 0.25) is 0 Å². The van der Waals surface area contributed by atoms with Crippen molar-refractivity contribution in [1.82, 2.24) is 4.98 Å². The van der Waals surface area contributed by atoms with Crippen LogP contribution >= 0.6 is 0 Å². The molecule has 0 atom stereocenters. The molecule has 0 aliphatic carbocycles. The molecule has 0 unspecified atom stereocenters. The molecule has 2 N–H and O–H groups in total. The van der Waals surface area contributed by atoms with Gasteiger partial charge in [-0.3, -0.25) is 0 Å². The molecule has 0 amide bonds. The van der Waals surface area contributed by atoms with Gasteiger partial charge in [0.25, 0.3) is 0 Å². The summed E-state index contributed by atoms with van der Waals surface area (Å²) in [5.74, 6) is 0. The van der Waals surface area contributed by atoms with Gasteiger partial charge in [0.05, 0.1) is 17.9 Å². The number of hydrogen-bond donors (Lipinski definition) is 2. The summed E-state index contributed by atoms with van der Waals surface area (Å²) in [7, 11) is 0. The number of para-hydroxylation sites is 1. The lowest BCUT2D eigenvalue weighted by Crippen LogP contribution is -2.06. The maximum atomic E-state index is 13.5. The highest BCUT2D eigenvalue weighted by atomic mass is 19.4. The number of benzene rings is 2. The summed E-state index contributed by atoms with van der Waals surface area (Å²) in [6.07, 6.45) is -4.47. The van der Waals surface area contributed by atoms with E-state index < -0.39 is 11.7 Å². The van der Waals surface area contributed by atoms with Gasteiger partial charge in [-0.2, -0.15) is 13.2 Å². The summed E-state index contributed by atoms with van der Waals surface area (Å²) < 4.78 is 40.4. The van der Waals surface area contributed by atoms with Crippen LogP contribution in [0.5, 0.6) is 0 Å². The van der Waals surface area contributed by atoms with Crippen LogP contribution in [0.15, 0.2) is 48.5 Å². The van der Waals surface area contributed by atoms with Gasteiger partial charge < -0.3 is 10.1 Å². The first-order chi connectivity index (χ1) is 10.0. The minimum absolute atomic E-state index is 0.00616. The summed E-state index contributed by atoms with van der Waals surface area (Å²) in [5, 5.41) is 9.49. The fourth-order valence-electron chi connectivity index (χ4n) is 2.54. The SMILES string of the molecule is OCc1ccccc1-c1[nH]c2ccccc2c1C(F)(F)F. The van der Waals surface area contributed by atoms with E-state index in [1.165, 1.54) is 6.07 Å². The van der Waals surface area contributed by atoms with Gasteiger partial charge in [-0.25, -0.2) is 0 Å². The fourth-order valence-corrected chi connectivity index (χ4v) is 2.54. The molecule has 108 valence electrons. The first-order valence-corrected chi connectivity index (χ1v) is 6.39. The van der Waals surface area contributed by atoms with Crippen molar-refractivity contribution in [1.29, 1.82) is 0 Å². The molecule has 0 radical (unpaired) electrons. The average Bonchev–Trinajstić information content (AvgIpc) is 2.86. The van der Waals surface area contributed by atoms with E-state index in [2.05, 4.69) is 4.98 Å². The Balaban J connectivity index is 2.37. The number of aliphatic hydroxyl groups excluding tert-OH is 1. The van der Waals surface area contributed by atoms with E-state index in [1.54, 1.807) is 42.5 Å². The monoisotopic (exact) mass is 291 g/mol. The van der Waals surface area contributed by atoms with Gasteiger partial charge >= 0.3 is 6.18 Å². The Morgan fingerprint density at radius 3 is 2.33 bits per heavy atom. The minimum Gasteiger partial charge on any atom is -0.392 e. The number of fused-ring (bicyclic) bond motifs is 1. The molecule has 21 heavy (non-hydrogen) atoms. The van der Waals surface area contributed by atoms with Crippen LogP contribution in [0.4, 0.5) is 13.2 Å². The predicted octanol–water partition coefficient (Wildman–Crippen LogP) is 4.35. The van der Waals surface area contributed by atoms with Crippen LogP contribution in [0.25, 0.3) is 22.2 Å². The Bertz CT molecular complexity index is 790. The second-order valence-electron chi connectivity index (χ2n) is 4.73. The molecule has 2 aromatic carbocycles. The highest BCUT2D eigenvalue weighted by Crippen LogP contribution is 2.42. The molecule has 2 nitrogen and oxygen atoms in total. The Kier molecular flexibility index (Phi) is 3.22. The number of rotatable bonds is 2. The third kappa shape index (κ3) is 2.29. The van der Waals surface area contributed by atoms with Gasteiger partial charge in [0.2, 0.25) is 0 Å². The molecule has 3 aromatic rings. The van der Waals surface area contributed by atoms with Crippen molar-refractivity contribution in [3.05, 3.63) is 59.7 Å². The van der Waals surface area contributed by atoms with Crippen molar-refractivity contribution in [3.8, 4) is 11.3 Å². The molecule has 0 saturated heterocycles. The molecule has 1 aromatic heterocycles. The molecular formula is C16H12F3NO. The number of aliphatic hydroxyl groups is 1. The zero-order valence-electron chi connectivity index (χ0n) is 10.9. The van der Waals surface area contributed by atoms with E-state index >= 15 is 0 Å². The molecule has 3 rings (SSSR count). The van der Waals surface area contributed by atoms with E-state index in [0.717, 1.165) is 0 Å². The van der Waals surface area contributed by atoms with Crippen LogP contribution in [0.3, 0.4) is 0 Å². The number of hydrogen-bond acceptors (Lipinski definition) is 1. The van der Waals surface area contributed by atoms with Gasteiger partial charge in [0, 0.05) is 16.5 Å². The van der Waals surface area contributed by atoms with Gasteiger partial charge in [0.1, 0.15) is 0 Å². The molecular weight excluding hydrogens is 279 g/mol. The summed E-state index contributed by atoms with van der Waals surface area (Å²) in [5.41, 5.74) is 0.540. The first kappa shape index (κ1) is 13.7.